The summed E-state index contributed by atoms with van der Waals surface area (Å²) in [4.78, 5) is 14.1. The van der Waals surface area contributed by atoms with Crippen LogP contribution in [0.25, 0.3) is 0 Å². The van der Waals surface area contributed by atoms with E-state index in [2.05, 4.69) is 10.0 Å². The quantitative estimate of drug-likeness (QED) is 0.570. The van der Waals surface area contributed by atoms with Crippen LogP contribution in [0.15, 0.2) is 77.7 Å². The molecular weight excluding hydrogens is 424 g/mol. The third kappa shape index (κ3) is 6.09. The number of anilines is 2. The Kier molecular flexibility index (Phi) is 6.98. The molecular formula is C22H21F2N3O3S. The smallest absolute Gasteiger partial charge is 0.308 e. The van der Waals surface area contributed by atoms with Crippen LogP contribution >= 0.6 is 0 Å². The van der Waals surface area contributed by atoms with Gasteiger partial charge in [0.2, 0.25) is 10.0 Å². The highest BCUT2D eigenvalue weighted by Crippen LogP contribution is 2.17. The molecule has 3 aromatic rings. The number of hydrogen-bond donors (Lipinski definition) is 2. The number of sulfonamides is 1. The van der Waals surface area contributed by atoms with E-state index in [0.29, 0.717) is 11.4 Å². The normalized spacial score (nSPS) is 11.2. The summed E-state index contributed by atoms with van der Waals surface area (Å²) < 4.78 is 53.5. The largest absolute Gasteiger partial charge is 0.326 e. The molecule has 2 amide bonds. The first-order valence-corrected chi connectivity index (χ1v) is 10.9. The summed E-state index contributed by atoms with van der Waals surface area (Å²) in [6.45, 7) is 1.78. The molecule has 3 rings (SSSR count). The van der Waals surface area contributed by atoms with Gasteiger partial charge in [0.05, 0.1) is 4.90 Å². The first-order valence-electron chi connectivity index (χ1n) is 9.40. The number of hydrogen-bond acceptors (Lipinski definition) is 3. The number of halogens is 2. The zero-order chi connectivity index (χ0) is 22.4. The molecule has 0 heterocycles. The molecule has 0 aliphatic carbocycles. The van der Waals surface area contributed by atoms with E-state index in [0.717, 1.165) is 29.8 Å². The zero-order valence-corrected chi connectivity index (χ0v) is 17.5. The van der Waals surface area contributed by atoms with Crippen LogP contribution < -0.4 is 14.9 Å². The van der Waals surface area contributed by atoms with Crippen LogP contribution in [0, 0.1) is 18.6 Å². The van der Waals surface area contributed by atoms with Gasteiger partial charge in [0.25, 0.3) is 0 Å². The molecule has 0 aromatic heterocycles. The summed E-state index contributed by atoms with van der Waals surface area (Å²) in [7, 11) is -3.89. The summed E-state index contributed by atoms with van der Waals surface area (Å²) >= 11 is 0. The van der Waals surface area contributed by atoms with E-state index in [-0.39, 0.29) is 18.0 Å². The Labute approximate surface area is 179 Å². The van der Waals surface area contributed by atoms with Crippen LogP contribution in [0.1, 0.15) is 5.56 Å². The molecule has 0 atom stereocenters. The molecule has 0 spiro atoms. The van der Waals surface area contributed by atoms with Gasteiger partial charge in [-0.1, -0.05) is 17.7 Å². The summed E-state index contributed by atoms with van der Waals surface area (Å²) in [5.41, 5.74) is 1.99. The van der Waals surface area contributed by atoms with Crippen molar-refractivity contribution in [3.8, 4) is 0 Å². The van der Waals surface area contributed by atoms with Gasteiger partial charge in [-0.05, 0) is 67.6 Å². The number of carbonyl (C=O) groups is 1. The number of carbonyl (C=O) groups excluding carboxylic acids is 1. The van der Waals surface area contributed by atoms with E-state index in [1.807, 2.05) is 19.1 Å². The third-order valence-corrected chi connectivity index (χ3v) is 5.91. The van der Waals surface area contributed by atoms with Gasteiger partial charge in [0.1, 0.15) is 11.6 Å². The van der Waals surface area contributed by atoms with Crippen molar-refractivity contribution >= 4 is 27.4 Å². The molecule has 0 saturated heterocycles. The first kappa shape index (κ1) is 22.4. The Morgan fingerprint density at radius 3 is 2.00 bits per heavy atom. The maximum atomic E-state index is 13.3. The van der Waals surface area contributed by atoms with Crippen molar-refractivity contribution in [1.82, 2.24) is 4.72 Å². The number of rotatable bonds is 7. The van der Waals surface area contributed by atoms with Crippen molar-refractivity contribution in [2.24, 2.45) is 0 Å². The predicted molar refractivity (Wildman–Crippen MR) is 116 cm³/mol. The molecule has 0 aliphatic heterocycles. The SMILES string of the molecule is Cc1ccc(NC(=O)N(CCNS(=O)(=O)c2ccc(F)cc2)c2ccc(F)cc2)cc1. The number of urea groups is 1. The van der Waals surface area contributed by atoms with Crippen molar-refractivity contribution in [3.05, 3.63) is 90.0 Å². The van der Waals surface area contributed by atoms with Gasteiger partial charge in [-0.3, -0.25) is 4.90 Å². The van der Waals surface area contributed by atoms with Crippen LogP contribution in [-0.4, -0.2) is 27.5 Å². The summed E-state index contributed by atoms with van der Waals surface area (Å²) in [5, 5.41) is 2.74. The third-order valence-electron chi connectivity index (χ3n) is 4.44. The highest BCUT2D eigenvalue weighted by atomic mass is 32.2. The van der Waals surface area contributed by atoms with Crippen molar-refractivity contribution in [2.75, 3.05) is 23.3 Å². The second-order valence-electron chi connectivity index (χ2n) is 6.78. The van der Waals surface area contributed by atoms with Crippen LogP contribution in [0.3, 0.4) is 0 Å². The molecule has 9 heteroatoms. The average molecular weight is 445 g/mol. The van der Waals surface area contributed by atoms with E-state index in [4.69, 9.17) is 0 Å². The first-order chi connectivity index (χ1) is 14.7. The van der Waals surface area contributed by atoms with Gasteiger partial charge in [-0.15, -0.1) is 0 Å². The van der Waals surface area contributed by atoms with Gasteiger partial charge in [-0.25, -0.2) is 26.7 Å². The lowest BCUT2D eigenvalue weighted by molar-refractivity contribution is 0.257. The minimum Gasteiger partial charge on any atom is -0.308 e. The Hall–Kier alpha value is -3.30. The van der Waals surface area contributed by atoms with E-state index in [1.54, 1.807) is 12.1 Å². The molecule has 6 nitrogen and oxygen atoms in total. The van der Waals surface area contributed by atoms with E-state index >= 15 is 0 Å². The molecule has 2 N–H and O–H groups in total. The monoisotopic (exact) mass is 445 g/mol. The highest BCUT2D eigenvalue weighted by molar-refractivity contribution is 7.89. The number of aryl methyl sites for hydroxylation is 1. The molecule has 0 unspecified atom stereocenters. The lowest BCUT2D eigenvalue weighted by Crippen LogP contribution is -2.41. The van der Waals surface area contributed by atoms with Crippen LogP contribution in [0.4, 0.5) is 25.0 Å². The second kappa shape index (κ2) is 9.67. The molecule has 3 aromatic carbocycles. The number of benzene rings is 3. The lowest BCUT2D eigenvalue weighted by atomic mass is 10.2. The van der Waals surface area contributed by atoms with E-state index in [1.165, 1.54) is 29.2 Å². The van der Waals surface area contributed by atoms with Gasteiger partial charge in [0.15, 0.2) is 0 Å². The maximum Gasteiger partial charge on any atom is 0.326 e. The van der Waals surface area contributed by atoms with Gasteiger partial charge in [-0.2, -0.15) is 0 Å². The molecule has 0 radical (unpaired) electrons. The Morgan fingerprint density at radius 2 is 1.42 bits per heavy atom. The number of nitrogens with zero attached hydrogens (tertiary/aromatic N) is 1. The second-order valence-corrected chi connectivity index (χ2v) is 8.54. The Balaban J connectivity index is 1.73. The summed E-state index contributed by atoms with van der Waals surface area (Å²) in [6, 6.07) is 16.4. The van der Waals surface area contributed by atoms with E-state index < -0.39 is 27.7 Å². The standard InChI is InChI=1S/C22H21F2N3O3S/c1-16-2-8-19(9-3-16)26-22(28)27(20-10-4-17(23)5-11-20)15-14-25-31(29,30)21-12-6-18(24)7-13-21/h2-13,25H,14-15H2,1H3,(H,26,28). The molecule has 162 valence electrons. The molecule has 0 aliphatic rings. The van der Waals surface area contributed by atoms with Gasteiger partial charge in [0, 0.05) is 24.5 Å². The molecule has 0 bridgehead atoms. The van der Waals surface area contributed by atoms with E-state index in [9.17, 15) is 22.0 Å². The minimum absolute atomic E-state index is 0.0241. The summed E-state index contributed by atoms with van der Waals surface area (Å²) in [5.74, 6) is -1.01. The fourth-order valence-corrected chi connectivity index (χ4v) is 3.81. The van der Waals surface area contributed by atoms with Crippen molar-refractivity contribution < 1.29 is 22.0 Å². The van der Waals surface area contributed by atoms with Gasteiger partial charge < -0.3 is 5.32 Å². The minimum atomic E-state index is -3.89. The Bertz CT molecular complexity index is 1130. The maximum absolute atomic E-state index is 13.3. The van der Waals surface area contributed by atoms with Gasteiger partial charge >= 0.3 is 6.03 Å². The zero-order valence-electron chi connectivity index (χ0n) is 16.7. The van der Waals surface area contributed by atoms with Crippen LogP contribution in [-0.2, 0) is 10.0 Å². The topological polar surface area (TPSA) is 78.5 Å². The van der Waals surface area contributed by atoms with Crippen molar-refractivity contribution in [1.29, 1.82) is 0 Å². The fraction of sp³-hybridized carbons (Fsp3) is 0.136. The lowest BCUT2D eigenvalue weighted by Gasteiger charge is -2.23. The molecule has 31 heavy (non-hydrogen) atoms. The summed E-state index contributed by atoms with van der Waals surface area (Å²) in [6.07, 6.45) is 0. The predicted octanol–water partition coefficient (Wildman–Crippen LogP) is 4.29. The Morgan fingerprint density at radius 1 is 0.871 bits per heavy atom. The average Bonchev–Trinajstić information content (AvgIpc) is 2.74. The molecule has 0 fully saturated rings. The number of amides is 2. The fourth-order valence-electron chi connectivity index (χ4n) is 2.79. The number of nitrogens with one attached hydrogen (secondary N) is 2. The van der Waals surface area contributed by atoms with Crippen molar-refractivity contribution in [3.63, 3.8) is 0 Å². The highest BCUT2D eigenvalue weighted by Gasteiger charge is 2.19. The van der Waals surface area contributed by atoms with Crippen LogP contribution in [0.2, 0.25) is 0 Å². The van der Waals surface area contributed by atoms with Crippen molar-refractivity contribution in [2.45, 2.75) is 11.8 Å². The van der Waals surface area contributed by atoms with Crippen LogP contribution in [0.5, 0.6) is 0 Å². The molecule has 0 saturated carbocycles.